The second kappa shape index (κ2) is 12.1. The Morgan fingerprint density at radius 3 is 2.66 bits per heavy atom. The number of carbonyl (C=O) groups excluding carboxylic acids is 1. The number of nitrogens with one attached hydrogen (secondary N) is 1. The Bertz CT molecular complexity index is 1030. The van der Waals surface area contributed by atoms with Crippen molar-refractivity contribution in [2.75, 3.05) is 58.5 Å². The van der Waals surface area contributed by atoms with Crippen molar-refractivity contribution in [2.24, 2.45) is 0 Å². The molecule has 2 aliphatic rings. The third-order valence-electron chi connectivity index (χ3n) is 6.81. The van der Waals surface area contributed by atoms with Crippen LogP contribution in [0.1, 0.15) is 29.5 Å². The molecule has 0 amide bonds. The number of allylic oxidation sites excluding steroid dienone is 1. The van der Waals surface area contributed by atoms with Gasteiger partial charge in [-0.1, -0.05) is 12.1 Å². The summed E-state index contributed by atoms with van der Waals surface area (Å²) in [6.07, 6.45) is 4.53. The summed E-state index contributed by atoms with van der Waals surface area (Å²) < 4.78 is 16.8. The Labute approximate surface area is 208 Å². The zero-order valence-electron chi connectivity index (χ0n) is 21.1. The summed E-state index contributed by atoms with van der Waals surface area (Å²) in [5.41, 5.74) is 4.43. The molecule has 0 spiro atoms. The zero-order chi connectivity index (χ0) is 24.6. The van der Waals surface area contributed by atoms with Crippen LogP contribution in [-0.2, 0) is 16.1 Å². The molecule has 0 radical (unpaired) electrons. The third-order valence-corrected chi connectivity index (χ3v) is 6.81. The summed E-state index contributed by atoms with van der Waals surface area (Å²) in [4.78, 5) is 15.8. The fraction of sp³-hybridized carbons (Fsp3) is 0.464. The van der Waals surface area contributed by atoms with Crippen LogP contribution < -0.4 is 19.7 Å². The maximum atomic E-state index is 11.0. The quantitative estimate of drug-likeness (QED) is 0.317. The van der Waals surface area contributed by atoms with Crippen molar-refractivity contribution >= 4 is 17.7 Å². The molecule has 2 aliphatic heterocycles. The van der Waals surface area contributed by atoms with Crippen molar-refractivity contribution in [3.63, 3.8) is 0 Å². The molecular weight excluding hydrogens is 442 g/mol. The van der Waals surface area contributed by atoms with Gasteiger partial charge in [0.25, 0.3) is 0 Å². The normalized spacial score (nSPS) is 16.7. The van der Waals surface area contributed by atoms with E-state index in [2.05, 4.69) is 47.3 Å². The van der Waals surface area contributed by atoms with Gasteiger partial charge in [0, 0.05) is 50.1 Å². The molecule has 1 saturated heterocycles. The molecule has 2 heterocycles. The summed E-state index contributed by atoms with van der Waals surface area (Å²) in [5.74, 6) is 2.28. The van der Waals surface area contributed by atoms with Gasteiger partial charge in [-0.05, 0) is 68.2 Å². The number of likely N-dealkylation sites (tertiary alicyclic amines) is 1. The highest BCUT2D eigenvalue weighted by molar-refractivity contribution is 5.83. The van der Waals surface area contributed by atoms with Crippen LogP contribution in [0.3, 0.4) is 0 Å². The minimum atomic E-state index is 0.526. The molecule has 0 saturated carbocycles. The first-order valence-corrected chi connectivity index (χ1v) is 12.4. The number of hydrogen-bond acceptors (Lipinski definition) is 7. The number of carbonyl (C=O) groups is 1. The standard InChI is InChI=1S/C28H37N3O4/c1-21-4-6-24(26(33-3)10-15-32)25(18-21)30(2)13-14-31-11-8-23(9-12-31)29-20-22-5-7-27-28(19-22)35-17-16-34-27/h4-7,10,15,18-19,23,29H,8-9,11-14,16-17,20H2,1-3H3/b26-10+. The predicted molar refractivity (Wildman–Crippen MR) is 139 cm³/mol. The van der Waals surface area contributed by atoms with Crippen LogP contribution >= 0.6 is 0 Å². The minimum Gasteiger partial charge on any atom is -0.496 e. The number of ether oxygens (including phenoxy) is 3. The average Bonchev–Trinajstić information content (AvgIpc) is 2.89. The van der Waals surface area contributed by atoms with Crippen LogP contribution in [0.5, 0.6) is 11.5 Å². The molecule has 0 unspecified atom stereocenters. The Hall–Kier alpha value is -3.03. The van der Waals surface area contributed by atoms with Gasteiger partial charge in [0.05, 0.1) is 7.11 Å². The van der Waals surface area contributed by atoms with E-state index < -0.39 is 0 Å². The highest BCUT2D eigenvalue weighted by Gasteiger charge is 2.20. The molecule has 2 aromatic carbocycles. The Kier molecular flexibility index (Phi) is 8.66. The molecular formula is C28H37N3O4. The summed E-state index contributed by atoms with van der Waals surface area (Å²) >= 11 is 0. The Morgan fingerprint density at radius 1 is 1.14 bits per heavy atom. The Balaban J connectivity index is 1.25. The molecule has 7 heteroatoms. The molecule has 2 aromatic rings. The number of aldehydes is 1. The number of piperidine rings is 1. The number of rotatable bonds is 10. The van der Waals surface area contributed by atoms with Crippen LogP contribution in [0.2, 0.25) is 0 Å². The van der Waals surface area contributed by atoms with Gasteiger partial charge in [0.15, 0.2) is 11.5 Å². The Morgan fingerprint density at radius 2 is 1.91 bits per heavy atom. The predicted octanol–water partition coefficient (Wildman–Crippen LogP) is 3.64. The highest BCUT2D eigenvalue weighted by Crippen LogP contribution is 2.31. The lowest BCUT2D eigenvalue weighted by molar-refractivity contribution is -0.104. The van der Waals surface area contributed by atoms with Crippen molar-refractivity contribution in [1.29, 1.82) is 0 Å². The minimum absolute atomic E-state index is 0.526. The van der Waals surface area contributed by atoms with Gasteiger partial charge in [-0.2, -0.15) is 0 Å². The van der Waals surface area contributed by atoms with E-state index in [1.807, 2.05) is 18.2 Å². The number of methoxy groups -OCH3 is 1. The molecule has 0 bridgehead atoms. The van der Waals surface area contributed by atoms with Crippen LogP contribution in [0.25, 0.3) is 5.76 Å². The van der Waals surface area contributed by atoms with Crippen molar-refractivity contribution < 1.29 is 19.0 Å². The van der Waals surface area contributed by atoms with Crippen molar-refractivity contribution in [1.82, 2.24) is 10.2 Å². The van der Waals surface area contributed by atoms with Crippen molar-refractivity contribution in [2.45, 2.75) is 32.4 Å². The average molecular weight is 480 g/mol. The lowest BCUT2D eigenvalue weighted by Crippen LogP contribution is -2.44. The SMILES string of the molecule is CO/C(=C/C=O)c1ccc(C)cc1N(C)CCN1CCC(NCc2ccc3c(c2)OCCO3)CC1. The monoisotopic (exact) mass is 479 g/mol. The molecule has 1 fully saturated rings. The molecule has 35 heavy (non-hydrogen) atoms. The molecule has 7 nitrogen and oxygen atoms in total. The zero-order valence-corrected chi connectivity index (χ0v) is 21.1. The largest absolute Gasteiger partial charge is 0.496 e. The van der Waals surface area contributed by atoms with Crippen molar-refractivity contribution in [3.05, 3.63) is 59.2 Å². The molecule has 1 N–H and O–H groups in total. The molecule has 0 aliphatic carbocycles. The molecule has 0 atom stereocenters. The summed E-state index contributed by atoms with van der Waals surface area (Å²) in [6.45, 7) is 8.24. The van der Waals surface area contributed by atoms with E-state index in [9.17, 15) is 4.79 Å². The number of hydrogen-bond donors (Lipinski definition) is 1. The molecule has 4 rings (SSSR count). The van der Waals surface area contributed by atoms with Gasteiger partial charge < -0.3 is 29.3 Å². The van der Waals surface area contributed by atoms with Crippen molar-refractivity contribution in [3.8, 4) is 11.5 Å². The fourth-order valence-electron chi connectivity index (χ4n) is 4.73. The maximum absolute atomic E-state index is 11.0. The van der Waals surface area contributed by atoms with E-state index in [1.165, 1.54) is 17.2 Å². The van der Waals surface area contributed by atoms with Crippen LogP contribution in [0, 0.1) is 6.92 Å². The van der Waals surface area contributed by atoms with Crippen LogP contribution in [0.4, 0.5) is 5.69 Å². The molecule has 0 aromatic heterocycles. The van der Waals surface area contributed by atoms with E-state index in [0.29, 0.717) is 25.0 Å². The number of nitrogens with zero attached hydrogens (tertiary/aromatic N) is 2. The lowest BCUT2D eigenvalue weighted by atomic mass is 10.0. The lowest BCUT2D eigenvalue weighted by Gasteiger charge is -2.34. The van der Waals surface area contributed by atoms with Gasteiger partial charge >= 0.3 is 0 Å². The van der Waals surface area contributed by atoms with E-state index >= 15 is 0 Å². The first kappa shape index (κ1) is 25.1. The third kappa shape index (κ3) is 6.55. The van der Waals surface area contributed by atoms with Gasteiger partial charge in [0.1, 0.15) is 25.3 Å². The number of fused-ring (bicyclic) bond motifs is 1. The van der Waals surface area contributed by atoms with Gasteiger partial charge in [-0.15, -0.1) is 0 Å². The fourth-order valence-corrected chi connectivity index (χ4v) is 4.73. The highest BCUT2D eigenvalue weighted by atomic mass is 16.6. The van der Waals surface area contributed by atoms with E-state index in [0.717, 1.165) is 74.6 Å². The summed E-state index contributed by atoms with van der Waals surface area (Å²) in [5, 5.41) is 3.72. The first-order valence-electron chi connectivity index (χ1n) is 12.4. The van der Waals surface area contributed by atoms with Gasteiger partial charge in [-0.25, -0.2) is 0 Å². The number of benzene rings is 2. The summed E-state index contributed by atoms with van der Waals surface area (Å²) in [7, 11) is 3.71. The first-order chi connectivity index (χ1) is 17.1. The molecule has 188 valence electrons. The number of anilines is 1. The van der Waals surface area contributed by atoms with E-state index in [1.54, 1.807) is 7.11 Å². The number of likely N-dealkylation sites (N-methyl/N-ethyl adjacent to an activating group) is 1. The topological polar surface area (TPSA) is 63.3 Å². The maximum Gasteiger partial charge on any atom is 0.161 e. The van der Waals surface area contributed by atoms with Crippen LogP contribution in [0.15, 0.2) is 42.5 Å². The smallest absolute Gasteiger partial charge is 0.161 e. The van der Waals surface area contributed by atoms with E-state index in [-0.39, 0.29) is 0 Å². The van der Waals surface area contributed by atoms with Gasteiger partial charge in [-0.3, -0.25) is 4.79 Å². The van der Waals surface area contributed by atoms with Crippen LogP contribution in [-0.4, -0.2) is 70.8 Å². The van der Waals surface area contributed by atoms with Gasteiger partial charge in [0.2, 0.25) is 0 Å². The number of aryl methyl sites for hydroxylation is 1. The van der Waals surface area contributed by atoms with E-state index in [4.69, 9.17) is 14.2 Å². The second-order valence-corrected chi connectivity index (χ2v) is 9.29. The second-order valence-electron chi connectivity index (χ2n) is 9.29. The summed E-state index contributed by atoms with van der Waals surface area (Å²) in [6, 6.07) is 13.0.